The summed E-state index contributed by atoms with van der Waals surface area (Å²) in [7, 11) is 0. The molecule has 1 aliphatic rings. The van der Waals surface area contributed by atoms with Crippen LogP contribution in [-0.2, 0) is 4.74 Å². The fourth-order valence-electron chi connectivity index (χ4n) is 3.02. The zero-order valence-corrected chi connectivity index (χ0v) is 15.4. The number of amides is 1. The Balaban J connectivity index is 1.85. The van der Waals surface area contributed by atoms with Gasteiger partial charge in [-0.25, -0.2) is 9.18 Å². The molecule has 24 heavy (non-hydrogen) atoms. The fraction of sp³-hybridized carbons (Fsp3) is 0.632. The molecule has 0 saturated carbocycles. The number of likely N-dealkylation sites (tertiary alicyclic amines) is 1. The Hall–Kier alpha value is -1.78. The largest absolute Gasteiger partial charge is 0.444 e. The highest BCUT2D eigenvalue weighted by atomic mass is 19.1. The summed E-state index contributed by atoms with van der Waals surface area (Å²) in [5, 5.41) is 3.46. The number of carbonyl (C=O) groups is 1. The summed E-state index contributed by atoms with van der Waals surface area (Å²) in [6.45, 7) is 11.0. The number of nitrogens with one attached hydrogen (secondary N) is 1. The van der Waals surface area contributed by atoms with Gasteiger partial charge in [0.15, 0.2) is 0 Å². The van der Waals surface area contributed by atoms with Crippen LogP contribution < -0.4 is 5.32 Å². The van der Waals surface area contributed by atoms with Crippen molar-refractivity contribution in [1.82, 2.24) is 4.90 Å². The number of aryl methyl sites for hydroxylation is 1. The van der Waals surface area contributed by atoms with E-state index in [-0.39, 0.29) is 18.0 Å². The Morgan fingerprint density at radius 2 is 1.96 bits per heavy atom. The highest BCUT2D eigenvalue weighted by Crippen LogP contribution is 2.25. The van der Waals surface area contributed by atoms with Crippen LogP contribution in [0.2, 0.25) is 0 Å². The van der Waals surface area contributed by atoms with Crippen molar-refractivity contribution in [2.75, 3.05) is 18.4 Å². The molecule has 134 valence electrons. The maximum Gasteiger partial charge on any atom is 0.410 e. The average Bonchev–Trinajstić information content (AvgIpc) is 2.49. The number of piperidine rings is 1. The van der Waals surface area contributed by atoms with Crippen molar-refractivity contribution in [3.8, 4) is 0 Å². The van der Waals surface area contributed by atoms with Crippen molar-refractivity contribution in [2.24, 2.45) is 5.92 Å². The van der Waals surface area contributed by atoms with Crippen LogP contribution in [0.15, 0.2) is 18.2 Å². The zero-order valence-electron chi connectivity index (χ0n) is 15.4. The van der Waals surface area contributed by atoms with E-state index in [2.05, 4.69) is 12.2 Å². The average molecular weight is 336 g/mol. The fourth-order valence-corrected chi connectivity index (χ4v) is 3.02. The van der Waals surface area contributed by atoms with Crippen LogP contribution in [0.3, 0.4) is 0 Å². The van der Waals surface area contributed by atoms with Gasteiger partial charge in [-0.1, -0.05) is 0 Å². The van der Waals surface area contributed by atoms with E-state index in [0.717, 1.165) is 18.5 Å². The van der Waals surface area contributed by atoms with Gasteiger partial charge in [0.2, 0.25) is 0 Å². The van der Waals surface area contributed by atoms with Crippen LogP contribution in [-0.4, -0.2) is 35.7 Å². The maximum atomic E-state index is 13.3. The smallest absolute Gasteiger partial charge is 0.410 e. The molecule has 1 aromatic rings. The van der Waals surface area contributed by atoms with Crippen molar-refractivity contribution in [2.45, 2.75) is 59.1 Å². The second kappa shape index (κ2) is 7.41. The van der Waals surface area contributed by atoms with Gasteiger partial charge < -0.3 is 15.0 Å². The van der Waals surface area contributed by atoms with Crippen LogP contribution in [0, 0.1) is 18.7 Å². The molecule has 2 rings (SSSR count). The van der Waals surface area contributed by atoms with E-state index in [1.54, 1.807) is 17.9 Å². The molecule has 1 aromatic carbocycles. The van der Waals surface area contributed by atoms with Crippen LogP contribution >= 0.6 is 0 Å². The first-order chi connectivity index (χ1) is 11.2. The molecular weight excluding hydrogens is 307 g/mol. The number of halogens is 1. The highest BCUT2D eigenvalue weighted by Gasteiger charge is 2.29. The minimum Gasteiger partial charge on any atom is -0.444 e. The second-order valence-electron chi connectivity index (χ2n) is 7.70. The van der Waals surface area contributed by atoms with Gasteiger partial charge in [0.05, 0.1) is 0 Å². The van der Waals surface area contributed by atoms with E-state index in [1.807, 2.05) is 26.8 Å². The molecule has 1 heterocycles. The third-order valence-corrected chi connectivity index (χ3v) is 4.45. The first kappa shape index (κ1) is 18.6. The van der Waals surface area contributed by atoms with Gasteiger partial charge in [0.25, 0.3) is 0 Å². The quantitative estimate of drug-likeness (QED) is 0.878. The molecule has 0 spiro atoms. The summed E-state index contributed by atoms with van der Waals surface area (Å²) >= 11 is 0. The Bertz CT molecular complexity index is 575. The minimum atomic E-state index is -0.455. The summed E-state index contributed by atoms with van der Waals surface area (Å²) < 4.78 is 18.8. The molecule has 1 unspecified atom stereocenters. The maximum absolute atomic E-state index is 13.3. The molecule has 4 nitrogen and oxygen atoms in total. The minimum absolute atomic E-state index is 0.182. The Labute approximate surface area is 144 Å². The van der Waals surface area contributed by atoms with Crippen molar-refractivity contribution < 1.29 is 13.9 Å². The van der Waals surface area contributed by atoms with E-state index in [1.165, 1.54) is 6.07 Å². The van der Waals surface area contributed by atoms with Crippen LogP contribution in [0.4, 0.5) is 14.9 Å². The Morgan fingerprint density at radius 3 is 2.50 bits per heavy atom. The number of benzene rings is 1. The molecule has 0 aliphatic carbocycles. The third kappa shape index (κ3) is 5.11. The molecule has 1 saturated heterocycles. The number of rotatable bonds is 3. The number of hydrogen-bond donors (Lipinski definition) is 1. The van der Waals surface area contributed by atoms with Gasteiger partial charge in [-0.2, -0.15) is 0 Å². The predicted molar refractivity (Wildman–Crippen MR) is 94.8 cm³/mol. The normalized spacial score (nSPS) is 17.5. The molecule has 0 bridgehead atoms. The molecule has 0 aromatic heterocycles. The van der Waals surface area contributed by atoms with Gasteiger partial charge in [-0.15, -0.1) is 0 Å². The first-order valence-corrected chi connectivity index (χ1v) is 8.66. The molecule has 0 radical (unpaired) electrons. The van der Waals surface area contributed by atoms with Gasteiger partial charge in [-0.3, -0.25) is 0 Å². The van der Waals surface area contributed by atoms with E-state index < -0.39 is 5.60 Å². The molecule has 1 aliphatic heterocycles. The monoisotopic (exact) mass is 336 g/mol. The number of anilines is 1. The zero-order chi connectivity index (χ0) is 17.9. The van der Waals surface area contributed by atoms with Crippen molar-refractivity contribution in [3.63, 3.8) is 0 Å². The molecule has 1 N–H and O–H groups in total. The molecule has 1 fully saturated rings. The molecular formula is C19H29FN2O2. The molecule has 1 amide bonds. The highest BCUT2D eigenvalue weighted by molar-refractivity contribution is 5.68. The van der Waals surface area contributed by atoms with Crippen LogP contribution in [0.25, 0.3) is 0 Å². The lowest BCUT2D eigenvalue weighted by molar-refractivity contribution is 0.0179. The van der Waals surface area contributed by atoms with Gasteiger partial charge in [0.1, 0.15) is 11.4 Å². The third-order valence-electron chi connectivity index (χ3n) is 4.45. The topological polar surface area (TPSA) is 41.6 Å². The molecule has 5 heteroatoms. The predicted octanol–water partition coefficient (Wildman–Crippen LogP) is 4.58. The second-order valence-corrected chi connectivity index (χ2v) is 7.70. The number of carbonyl (C=O) groups excluding carboxylic acids is 1. The van der Waals surface area contributed by atoms with Crippen molar-refractivity contribution in [1.29, 1.82) is 0 Å². The summed E-state index contributed by atoms with van der Waals surface area (Å²) in [4.78, 5) is 13.9. The number of nitrogens with zero attached hydrogens (tertiary/aromatic N) is 1. The van der Waals surface area contributed by atoms with Crippen LogP contribution in [0.5, 0.6) is 0 Å². The Morgan fingerprint density at radius 1 is 1.33 bits per heavy atom. The lowest BCUT2D eigenvalue weighted by Gasteiger charge is -2.36. The van der Waals surface area contributed by atoms with Gasteiger partial charge in [0, 0.05) is 24.8 Å². The summed E-state index contributed by atoms with van der Waals surface area (Å²) in [5.74, 6) is 0.299. The van der Waals surface area contributed by atoms with E-state index in [0.29, 0.717) is 24.6 Å². The lowest BCUT2D eigenvalue weighted by Crippen LogP contribution is -2.44. The van der Waals surface area contributed by atoms with E-state index in [4.69, 9.17) is 4.74 Å². The summed E-state index contributed by atoms with van der Waals surface area (Å²) in [6.07, 6.45) is 1.65. The lowest BCUT2D eigenvalue weighted by atomic mass is 9.90. The van der Waals surface area contributed by atoms with Crippen molar-refractivity contribution in [3.05, 3.63) is 29.6 Å². The standard InChI is InChI=1S/C19H29FN2O2/c1-13-12-16(6-7-17(13)20)21-14(2)15-8-10-22(11-9-15)18(23)24-19(3,4)5/h6-7,12,14-15,21H,8-11H2,1-5H3. The van der Waals surface area contributed by atoms with E-state index >= 15 is 0 Å². The first-order valence-electron chi connectivity index (χ1n) is 8.66. The number of hydrogen-bond acceptors (Lipinski definition) is 3. The van der Waals surface area contributed by atoms with Crippen LogP contribution in [0.1, 0.15) is 46.1 Å². The summed E-state index contributed by atoms with van der Waals surface area (Å²) in [6, 6.07) is 5.38. The summed E-state index contributed by atoms with van der Waals surface area (Å²) in [5.41, 5.74) is 1.13. The SMILES string of the molecule is Cc1cc(NC(C)C2CCN(C(=O)OC(C)(C)C)CC2)ccc1F. The Kier molecular flexibility index (Phi) is 5.73. The van der Waals surface area contributed by atoms with Crippen molar-refractivity contribution >= 4 is 11.8 Å². The van der Waals surface area contributed by atoms with Gasteiger partial charge in [-0.05, 0) is 77.1 Å². The number of ether oxygens (including phenoxy) is 1. The molecule has 1 atom stereocenters. The van der Waals surface area contributed by atoms with E-state index in [9.17, 15) is 9.18 Å². The van der Waals surface area contributed by atoms with Gasteiger partial charge >= 0.3 is 6.09 Å².